The summed E-state index contributed by atoms with van der Waals surface area (Å²) in [7, 11) is 0. The van der Waals surface area contributed by atoms with Gasteiger partial charge >= 0.3 is 12.1 Å². The summed E-state index contributed by atoms with van der Waals surface area (Å²) in [6.07, 6.45) is -0.742. The maximum Gasteiger partial charge on any atom is 0.416 e. The maximum absolute atomic E-state index is 12.9. The number of carbonyl (C=O) groups is 1. The van der Waals surface area contributed by atoms with Crippen LogP contribution in [0.3, 0.4) is 0 Å². The van der Waals surface area contributed by atoms with E-state index in [1.165, 1.54) is 23.9 Å². The number of halogens is 3. The van der Waals surface area contributed by atoms with Gasteiger partial charge in [-0.1, -0.05) is 56.0 Å². The van der Waals surface area contributed by atoms with Crippen molar-refractivity contribution in [2.45, 2.75) is 25.4 Å². The van der Waals surface area contributed by atoms with Gasteiger partial charge in [-0.05, 0) is 82.6 Å². The molecule has 0 amide bonds. The van der Waals surface area contributed by atoms with E-state index < -0.39 is 17.7 Å². The van der Waals surface area contributed by atoms with Gasteiger partial charge in [0.1, 0.15) is 0 Å². The van der Waals surface area contributed by atoms with Crippen LogP contribution in [0.5, 0.6) is 0 Å². The number of carboxylic acids is 1. The summed E-state index contributed by atoms with van der Waals surface area (Å²) in [6, 6.07) is 21.6. The van der Waals surface area contributed by atoms with Crippen molar-refractivity contribution in [3.63, 3.8) is 0 Å². The number of fused-ring (bicyclic) bond motifs is 1. The van der Waals surface area contributed by atoms with Gasteiger partial charge in [0.05, 0.1) is 11.1 Å². The molecule has 182 valence electrons. The van der Waals surface area contributed by atoms with E-state index in [2.05, 4.69) is 6.58 Å². The number of hydrogen-bond acceptors (Lipinski definition) is 2. The van der Waals surface area contributed by atoms with Crippen LogP contribution in [-0.2, 0) is 6.18 Å². The molecule has 0 unspecified atom stereocenters. The van der Waals surface area contributed by atoms with E-state index in [0.29, 0.717) is 10.9 Å². The fourth-order valence-electron chi connectivity index (χ4n) is 3.60. The van der Waals surface area contributed by atoms with Crippen LogP contribution in [0.2, 0.25) is 0 Å². The monoisotopic (exact) mass is 496 g/mol. The summed E-state index contributed by atoms with van der Waals surface area (Å²) < 4.78 is 38.8. The third kappa shape index (κ3) is 6.34. The minimum absolute atomic E-state index is 0. The summed E-state index contributed by atoms with van der Waals surface area (Å²) in [4.78, 5) is 12.6. The Balaban J connectivity index is 0.00000103. The van der Waals surface area contributed by atoms with Crippen molar-refractivity contribution in [2.24, 2.45) is 0 Å². The Hall–Kier alpha value is -3.51. The molecule has 0 bridgehead atoms. The van der Waals surface area contributed by atoms with Gasteiger partial charge in [-0.3, -0.25) is 0 Å². The highest BCUT2D eigenvalue weighted by Gasteiger charge is 2.30. The lowest BCUT2D eigenvalue weighted by atomic mass is 9.93. The number of thioether (sulfide) groups is 1. The number of rotatable bonds is 4. The van der Waals surface area contributed by atoms with Crippen LogP contribution in [0, 0.1) is 0 Å². The molecular formula is C29H27F3O2S. The normalized spacial score (nSPS) is 10.7. The van der Waals surface area contributed by atoms with E-state index in [4.69, 9.17) is 0 Å². The first-order valence-electron chi connectivity index (χ1n) is 10.4. The third-order valence-corrected chi connectivity index (χ3v) is 5.91. The van der Waals surface area contributed by atoms with Gasteiger partial charge in [-0.2, -0.15) is 13.2 Å². The summed E-state index contributed by atoms with van der Waals surface area (Å²) in [5.41, 5.74) is 2.54. The van der Waals surface area contributed by atoms with E-state index in [1.807, 2.05) is 55.6 Å². The van der Waals surface area contributed by atoms with Crippen molar-refractivity contribution in [2.75, 3.05) is 6.26 Å². The molecule has 0 heterocycles. The van der Waals surface area contributed by atoms with Gasteiger partial charge in [0, 0.05) is 4.90 Å². The molecule has 0 aliphatic rings. The Labute approximate surface area is 208 Å². The van der Waals surface area contributed by atoms with Gasteiger partial charge in [0.25, 0.3) is 0 Å². The van der Waals surface area contributed by atoms with Gasteiger partial charge < -0.3 is 5.11 Å². The summed E-state index contributed by atoms with van der Waals surface area (Å²) in [5, 5.41) is 11.2. The average molecular weight is 497 g/mol. The smallest absolute Gasteiger partial charge is 0.416 e. The van der Waals surface area contributed by atoms with Crippen molar-refractivity contribution in [1.82, 2.24) is 0 Å². The molecule has 4 aromatic carbocycles. The lowest BCUT2D eigenvalue weighted by Crippen LogP contribution is -2.04. The Morgan fingerprint density at radius 1 is 0.914 bits per heavy atom. The third-order valence-electron chi connectivity index (χ3n) is 5.13. The number of alkyl halides is 3. The van der Waals surface area contributed by atoms with Gasteiger partial charge in [-0.25, -0.2) is 4.79 Å². The average Bonchev–Trinajstić information content (AvgIpc) is 2.83. The van der Waals surface area contributed by atoms with Crippen LogP contribution in [0.1, 0.15) is 30.3 Å². The van der Waals surface area contributed by atoms with Crippen molar-refractivity contribution >= 4 is 28.5 Å². The predicted octanol–water partition coefficient (Wildman–Crippen LogP) is 9.44. The Bertz CT molecular complexity index is 1310. The van der Waals surface area contributed by atoms with E-state index in [1.54, 1.807) is 18.2 Å². The number of benzene rings is 4. The molecule has 0 saturated heterocycles. The van der Waals surface area contributed by atoms with Crippen LogP contribution < -0.4 is 0 Å². The first-order chi connectivity index (χ1) is 16.2. The van der Waals surface area contributed by atoms with E-state index in [0.717, 1.165) is 39.1 Å². The molecule has 0 fully saturated rings. The largest absolute Gasteiger partial charge is 0.478 e. The van der Waals surface area contributed by atoms with Crippen molar-refractivity contribution in [3.05, 3.63) is 103 Å². The quantitative estimate of drug-likeness (QED) is 0.226. The maximum atomic E-state index is 12.9. The number of carboxylic acid groups (broad SMARTS) is 1. The molecule has 0 spiro atoms. The molecule has 1 N–H and O–H groups in total. The van der Waals surface area contributed by atoms with Crippen LogP contribution in [0.15, 0.2) is 96.4 Å². The molecule has 0 aliphatic carbocycles. The number of allylic oxidation sites excluding steroid dienone is 1. The van der Waals surface area contributed by atoms with Gasteiger partial charge in [-0.15, -0.1) is 18.3 Å². The van der Waals surface area contributed by atoms with Crippen molar-refractivity contribution in [1.29, 1.82) is 0 Å². The second kappa shape index (κ2) is 11.8. The summed E-state index contributed by atoms with van der Waals surface area (Å²) >= 11 is 1.49. The Kier molecular flexibility index (Phi) is 9.32. The van der Waals surface area contributed by atoms with Crippen molar-refractivity contribution in [3.8, 4) is 22.3 Å². The summed E-state index contributed by atoms with van der Waals surface area (Å²) in [6.45, 7) is 5.25. The molecule has 2 nitrogen and oxygen atoms in total. The van der Waals surface area contributed by atoms with Crippen LogP contribution in [-0.4, -0.2) is 17.3 Å². The van der Waals surface area contributed by atoms with Crippen LogP contribution in [0.25, 0.3) is 33.0 Å². The molecule has 35 heavy (non-hydrogen) atoms. The molecule has 0 atom stereocenters. The summed E-state index contributed by atoms with van der Waals surface area (Å²) in [5.74, 6) is -1.04. The first-order valence-corrected chi connectivity index (χ1v) is 11.6. The SMILES string of the molecule is C.C=CC.CSc1cc2c(-c3ccccc3)cc(C(=O)O)cc2cc1-c1ccc(C(F)(F)F)cc1. The zero-order chi connectivity index (χ0) is 24.9. The van der Waals surface area contributed by atoms with Crippen molar-refractivity contribution < 1.29 is 23.1 Å². The second-order valence-electron chi connectivity index (χ2n) is 7.45. The highest BCUT2D eigenvalue weighted by Crippen LogP contribution is 2.39. The van der Waals surface area contributed by atoms with E-state index >= 15 is 0 Å². The van der Waals surface area contributed by atoms with Gasteiger partial charge in [0.15, 0.2) is 0 Å². The Morgan fingerprint density at radius 3 is 2.00 bits per heavy atom. The van der Waals surface area contributed by atoms with E-state index in [9.17, 15) is 23.1 Å². The topological polar surface area (TPSA) is 37.3 Å². The highest BCUT2D eigenvalue weighted by molar-refractivity contribution is 7.98. The molecule has 0 aromatic heterocycles. The van der Waals surface area contributed by atoms with Gasteiger partial charge in [0.2, 0.25) is 0 Å². The molecule has 4 rings (SSSR count). The fourth-order valence-corrected chi connectivity index (χ4v) is 4.24. The van der Waals surface area contributed by atoms with E-state index in [-0.39, 0.29) is 13.0 Å². The van der Waals surface area contributed by atoms with Crippen LogP contribution in [0.4, 0.5) is 13.2 Å². The zero-order valence-corrected chi connectivity index (χ0v) is 19.5. The lowest BCUT2D eigenvalue weighted by Gasteiger charge is -2.15. The van der Waals surface area contributed by atoms with Crippen LogP contribution >= 0.6 is 11.8 Å². The molecule has 0 radical (unpaired) electrons. The zero-order valence-electron chi connectivity index (χ0n) is 18.7. The molecular weight excluding hydrogens is 469 g/mol. The molecule has 6 heteroatoms. The lowest BCUT2D eigenvalue weighted by molar-refractivity contribution is -0.137. The second-order valence-corrected chi connectivity index (χ2v) is 8.30. The fraction of sp³-hybridized carbons (Fsp3) is 0.138. The predicted molar refractivity (Wildman–Crippen MR) is 141 cm³/mol. The molecule has 0 aliphatic heterocycles. The molecule has 4 aromatic rings. The Morgan fingerprint density at radius 2 is 1.49 bits per heavy atom. The number of hydrogen-bond donors (Lipinski definition) is 1. The minimum Gasteiger partial charge on any atom is -0.478 e. The number of aromatic carboxylic acids is 1. The highest BCUT2D eigenvalue weighted by atomic mass is 32.2. The minimum atomic E-state index is -4.40. The molecule has 0 saturated carbocycles. The standard InChI is InChI=1S/C25H17F3O2S.C3H6.CH4/c1-31-23-14-21-17(12-22(23)16-7-9-19(10-8-16)25(26,27)28)11-18(24(29)30)13-20(21)15-5-3-2-4-6-15;1-3-2;/h2-14H,1H3,(H,29,30);3H,1H2,2H3;1H4. The first kappa shape index (κ1) is 27.7.